The molecule has 0 aliphatic carbocycles. The van der Waals surface area contributed by atoms with Crippen LogP contribution in [-0.2, 0) is 11.2 Å². The predicted molar refractivity (Wildman–Crippen MR) is 65.9 cm³/mol. The van der Waals surface area contributed by atoms with Gasteiger partial charge in [-0.2, -0.15) is 0 Å². The minimum absolute atomic E-state index is 0.173. The van der Waals surface area contributed by atoms with Gasteiger partial charge in [-0.25, -0.2) is 4.98 Å². The van der Waals surface area contributed by atoms with Crippen LogP contribution in [0.3, 0.4) is 0 Å². The molecular formula is C11H18N2O3S. The van der Waals surface area contributed by atoms with E-state index in [0.29, 0.717) is 12.1 Å². The number of nitrogens with one attached hydrogen (secondary N) is 1. The fourth-order valence-corrected chi connectivity index (χ4v) is 2.05. The van der Waals surface area contributed by atoms with Crippen LogP contribution in [0.5, 0.6) is 0 Å². The highest BCUT2D eigenvalue weighted by Crippen LogP contribution is 2.11. The van der Waals surface area contributed by atoms with Crippen LogP contribution in [0.15, 0.2) is 5.38 Å². The third-order valence-corrected chi connectivity index (χ3v) is 3.52. The number of aromatic nitrogens is 1. The number of carbonyl (C=O) groups is 1. The Kier molecular flexibility index (Phi) is 5.04. The molecule has 6 heteroatoms. The highest BCUT2D eigenvalue weighted by Gasteiger charge is 2.28. The maximum Gasteiger partial charge on any atom is 0.226 e. The van der Waals surface area contributed by atoms with Crippen molar-refractivity contribution in [2.24, 2.45) is 0 Å². The second-order valence-electron chi connectivity index (χ2n) is 4.03. The summed E-state index contributed by atoms with van der Waals surface area (Å²) in [7, 11) is 0. The summed E-state index contributed by atoms with van der Waals surface area (Å²) >= 11 is 1.49. The number of carbonyl (C=O) groups excluding carboxylic acids is 1. The number of rotatable bonds is 6. The lowest BCUT2D eigenvalue weighted by Crippen LogP contribution is -2.54. The SMILES string of the molecule is CCC(CO)(CO)NC(=O)Cc1csc(C)n1. The Bertz CT molecular complexity index is 366. The van der Waals surface area contributed by atoms with E-state index in [9.17, 15) is 15.0 Å². The highest BCUT2D eigenvalue weighted by atomic mass is 32.1. The average molecular weight is 258 g/mol. The molecule has 0 atom stereocenters. The lowest BCUT2D eigenvalue weighted by Gasteiger charge is -2.29. The first-order valence-electron chi connectivity index (χ1n) is 5.49. The molecule has 1 aromatic heterocycles. The summed E-state index contributed by atoms with van der Waals surface area (Å²) in [5, 5.41) is 23.8. The molecule has 96 valence electrons. The summed E-state index contributed by atoms with van der Waals surface area (Å²) in [4.78, 5) is 15.9. The van der Waals surface area contributed by atoms with Crippen LogP contribution in [0.2, 0.25) is 0 Å². The maximum absolute atomic E-state index is 11.7. The quantitative estimate of drug-likeness (QED) is 0.683. The Morgan fingerprint density at radius 2 is 2.18 bits per heavy atom. The van der Waals surface area contributed by atoms with E-state index < -0.39 is 5.54 Å². The summed E-state index contributed by atoms with van der Waals surface area (Å²) in [6, 6.07) is 0. The number of nitrogens with zero attached hydrogens (tertiary/aromatic N) is 1. The van der Waals surface area contributed by atoms with Gasteiger partial charge < -0.3 is 15.5 Å². The minimum atomic E-state index is -0.928. The summed E-state index contributed by atoms with van der Waals surface area (Å²) < 4.78 is 0. The van der Waals surface area contributed by atoms with Gasteiger partial charge in [0.1, 0.15) is 0 Å². The molecule has 0 bridgehead atoms. The van der Waals surface area contributed by atoms with Gasteiger partial charge in [0, 0.05) is 5.38 Å². The van der Waals surface area contributed by atoms with Crippen molar-refractivity contribution in [1.82, 2.24) is 10.3 Å². The van der Waals surface area contributed by atoms with Crippen LogP contribution < -0.4 is 5.32 Å². The number of amides is 1. The van der Waals surface area contributed by atoms with Gasteiger partial charge in [0.2, 0.25) is 5.91 Å². The van der Waals surface area contributed by atoms with E-state index in [-0.39, 0.29) is 25.5 Å². The number of hydrogen-bond acceptors (Lipinski definition) is 5. The Morgan fingerprint density at radius 1 is 1.53 bits per heavy atom. The largest absolute Gasteiger partial charge is 0.394 e. The van der Waals surface area contributed by atoms with E-state index in [1.54, 1.807) is 6.92 Å². The van der Waals surface area contributed by atoms with Gasteiger partial charge in [-0.15, -0.1) is 11.3 Å². The molecule has 1 aromatic rings. The van der Waals surface area contributed by atoms with Gasteiger partial charge in [0.25, 0.3) is 0 Å². The van der Waals surface area contributed by atoms with Crippen LogP contribution in [0, 0.1) is 6.92 Å². The Labute approximate surface area is 105 Å². The molecule has 0 unspecified atom stereocenters. The van der Waals surface area contributed by atoms with E-state index >= 15 is 0 Å². The first-order chi connectivity index (χ1) is 8.05. The first-order valence-corrected chi connectivity index (χ1v) is 6.37. The maximum atomic E-state index is 11.7. The molecular weight excluding hydrogens is 240 g/mol. The number of aliphatic hydroxyl groups is 2. The zero-order valence-electron chi connectivity index (χ0n) is 10.1. The molecule has 0 spiro atoms. The zero-order valence-corrected chi connectivity index (χ0v) is 10.9. The first kappa shape index (κ1) is 14.1. The van der Waals surface area contributed by atoms with Crippen molar-refractivity contribution in [3.05, 3.63) is 16.1 Å². The molecule has 17 heavy (non-hydrogen) atoms. The third kappa shape index (κ3) is 3.76. The molecule has 1 heterocycles. The van der Waals surface area contributed by atoms with E-state index in [2.05, 4.69) is 10.3 Å². The minimum Gasteiger partial charge on any atom is -0.394 e. The summed E-state index contributed by atoms with van der Waals surface area (Å²) in [6.45, 7) is 3.13. The van der Waals surface area contributed by atoms with Crippen molar-refractivity contribution in [2.75, 3.05) is 13.2 Å². The lowest BCUT2D eigenvalue weighted by molar-refractivity contribution is -0.123. The Morgan fingerprint density at radius 3 is 2.59 bits per heavy atom. The molecule has 0 saturated carbocycles. The van der Waals surface area contributed by atoms with E-state index in [1.165, 1.54) is 11.3 Å². The fraction of sp³-hybridized carbons (Fsp3) is 0.636. The van der Waals surface area contributed by atoms with Crippen molar-refractivity contribution in [3.63, 3.8) is 0 Å². The standard InChI is InChI=1S/C11H18N2O3S/c1-3-11(6-14,7-15)13-10(16)4-9-5-17-8(2)12-9/h5,14-15H,3-4,6-7H2,1-2H3,(H,13,16). The zero-order chi connectivity index (χ0) is 12.9. The smallest absolute Gasteiger partial charge is 0.226 e. The summed E-state index contributed by atoms with van der Waals surface area (Å²) in [5.74, 6) is -0.236. The number of thiazole rings is 1. The van der Waals surface area contributed by atoms with Gasteiger partial charge in [-0.05, 0) is 13.3 Å². The van der Waals surface area contributed by atoms with Crippen LogP contribution >= 0.6 is 11.3 Å². The van der Waals surface area contributed by atoms with Crippen molar-refractivity contribution < 1.29 is 15.0 Å². The van der Waals surface area contributed by atoms with Gasteiger partial charge in [-0.3, -0.25) is 4.79 Å². The van der Waals surface area contributed by atoms with Crippen molar-refractivity contribution in [3.8, 4) is 0 Å². The van der Waals surface area contributed by atoms with Gasteiger partial charge in [-0.1, -0.05) is 6.92 Å². The molecule has 0 radical (unpaired) electrons. The molecule has 0 fully saturated rings. The summed E-state index contributed by atoms with van der Waals surface area (Å²) in [5.41, 5.74) is -0.215. The number of aryl methyl sites for hydroxylation is 1. The average Bonchev–Trinajstić information content (AvgIpc) is 2.72. The van der Waals surface area contributed by atoms with Gasteiger partial charge in [0.15, 0.2) is 0 Å². The van der Waals surface area contributed by atoms with E-state index in [4.69, 9.17) is 0 Å². The van der Waals surface area contributed by atoms with Crippen LogP contribution in [-0.4, -0.2) is 39.9 Å². The number of aliphatic hydroxyl groups excluding tert-OH is 2. The molecule has 0 saturated heterocycles. The molecule has 5 nitrogen and oxygen atoms in total. The van der Waals surface area contributed by atoms with Crippen LogP contribution in [0.4, 0.5) is 0 Å². The summed E-state index contributed by atoms with van der Waals surface area (Å²) in [6.07, 6.45) is 0.647. The molecule has 3 N–H and O–H groups in total. The highest BCUT2D eigenvalue weighted by molar-refractivity contribution is 7.09. The number of hydrogen-bond donors (Lipinski definition) is 3. The molecule has 0 aliphatic heterocycles. The second-order valence-corrected chi connectivity index (χ2v) is 5.10. The van der Waals surface area contributed by atoms with Crippen molar-refractivity contribution in [2.45, 2.75) is 32.2 Å². The molecule has 0 aliphatic rings. The topological polar surface area (TPSA) is 82.5 Å². The monoisotopic (exact) mass is 258 g/mol. The van der Waals surface area contributed by atoms with Gasteiger partial charge >= 0.3 is 0 Å². The van der Waals surface area contributed by atoms with Crippen molar-refractivity contribution >= 4 is 17.2 Å². The predicted octanol–water partition coefficient (Wildman–Crippen LogP) is 0.244. The molecule has 1 amide bonds. The van der Waals surface area contributed by atoms with Crippen LogP contribution in [0.25, 0.3) is 0 Å². The Hall–Kier alpha value is -0.980. The lowest BCUT2D eigenvalue weighted by atomic mass is 9.98. The Balaban J connectivity index is 2.59. The van der Waals surface area contributed by atoms with Gasteiger partial charge in [0.05, 0.1) is 35.9 Å². The third-order valence-electron chi connectivity index (χ3n) is 2.69. The fourth-order valence-electron chi connectivity index (χ4n) is 1.43. The second kappa shape index (κ2) is 6.09. The molecule has 1 rings (SSSR count). The van der Waals surface area contributed by atoms with Crippen LogP contribution in [0.1, 0.15) is 24.0 Å². The van der Waals surface area contributed by atoms with E-state index in [0.717, 1.165) is 5.01 Å². The normalized spacial score (nSPS) is 11.5. The van der Waals surface area contributed by atoms with Crippen molar-refractivity contribution in [1.29, 1.82) is 0 Å². The van der Waals surface area contributed by atoms with E-state index in [1.807, 2.05) is 12.3 Å². The molecule has 0 aromatic carbocycles.